The summed E-state index contributed by atoms with van der Waals surface area (Å²) < 4.78 is 39.0. The van der Waals surface area contributed by atoms with Crippen LogP contribution in [0.1, 0.15) is 56.1 Å². The smallest absolute Gasteiger partial charge is 0.410 e. The summed E-state index contributed by atoms with van der Waals surface area (Å²) in [5.74, 6) is -2.08. The lowest BCUT2D eigenvalue weighted by molar-refractivity contribution is 0.0158. The third kappa shape index (κ3) is 5.18. The van der Waals surface area contributed by atoms with E-state index >= 15 is 4.39 Å². The van der Waals surface area contributed by atoms with Crippen LogP contribution in [0.25, 0.3) is 16.6 Å². The van der Waals surface area contributed by atoms with Crippen LogP contribution < -0.4 is 10.2 Å². The molecular formula is C29H33F2N7O3. The Balaban J connectivity index is 1.28. The number of hydrogen-bond donors (Lipinski definition) is 1. The average Bonchev–Trinajstić information content (AvgIpc) is 3.24. The Kier molecular flexibility index (Phi) is 6.39. The van der Waals surface area contributed by atoms with E-state index in [1.54, 1.807) is 26.4 Å². The molecule has 216 valence electrons. The average molecular weight is 566 g/mol. The number of nitrogens with one attached hydrogen (secondary N) is 1. The first-order valence-corrected chi connectivity index (χ1v) is 13.8. The van der Waals surface area contributed by atoms with Crippen molar-refractivity contribution in [3.63, 3.8) is 0 Å². The number of halogens is 2. The van der Waals surface area contributed by atoms with E-state index in [1.807, 2.05) is 30.6 Å². The van der Waals surface area contributed by atoms with Crippen LogP contribution in [0.5, 0.6) is 0 Å². The molecule has 0 unspecified atom stereocenters. The highest BCUT2D eigenvalue weighted by Crippen LogP contribution is 2.37. The van der Waals surface area contributed by atoms with Gasteiger partial charge in [-0.2, -0.15) is 5.10 Å². The summed E-state index contributed by atoms with van der Waals surface area (Å²) in [6.45, 7) is 8.41. The number of nitrogens with zero attached hydrogens (tertiary/aromatic N) is 6. The first-order chi connectivity index (χ1) is 19.4. The summed E-state index contributed by atoms with van der Waals surface area (Å²) in [4.78, 5) is 34.4. The number of carbonyl (C=O) groups is 2. The monoisotopic (exact) mass is 565 g/mol. The number of amides is 2. The zero-order valence-corrected chi connectivity index (χ0v) is 23.7. The molecule has 12 heteroatoms. The van der Waals surface area contributed by atoms with Crippen molar-refractivity contribution in [2.24, 2.45) is 7.05 Å². The van der Waals surface area contributed by atoms with Gasteiger partial charge >= 0.3 is 6.09 Å². The second-order valence-electron chi connectivity index (χ2n) is 12.0. The maximum absolute atomic E-state index is 15.7. The number of hydrogen-bond acceptors (Lipinski definition) is 6. The van der Waals surface area contributed by atoms with Gasteiger partial charge in [0.1, 0.15) is 22.5 Å². The third-order valence-electron chi connectivity index (χ3n) is 7.40. The Morgan fingerprint density at radius 3 is 2.54 bits per heavy atom. The first-order valence-electron chi connectivity index (χ1n) is 13.8. The minimum atomic E-state index is -0.738. The molecule has 1 aromatic carbocycles. The Morgan fingerprint density at radius 1 is 1.07 bits per heavy atom. The molecule has 10 nitrogen and oxygen atoms in total. The summed E-state index contributed by atoms with van der Waals surface area (Å²) in [5.41, 5.74) is 0.906. The summed E-state index contributed by atoms with van der Waals surface area (Å²) in [6, 6.07) is 2.58. The number of rotatable bonds is 5. The summed E-state index contributed by atoms with van der Waals surface area (Å²) in [7, 11) is 1.71. The van der Waals surface area contributed by atoms with Gasteiger partial charge in [0.2, 0.25) is 0 Å². The lowest BCUT2D eigenvalue weighted by Gasteiger charge is -2.32. The fraction of sp³-hybridized carbons (Fsp3) is 0.448. The van der Waals surface area contributed by atoms with Crippen molar-refractivity contribution in [1.29, 1.82) is 0 Å². The largest absolute Gasteiger partial charge is 0.444 e. The van der Waals surface area contributed by atoms with Gasteiger partial charge in [-0.05, 0) is 53.0 Å². The molecule has 6 rings (SSSR count). The minimum Gasteiger partial charge on any atom is -0.444 e. The number of carbonyl (C=O) groups excluding carboxylic acids is 2. The fourth-order valence-electron chi connectivity index (χ4n) is 5.61. The number of ether oxygens (including phenoxy) is 1. The van der Waals surface area contributed by atoms with Crippen molar-refractivity contribution in [2.75, 3.05) is 23.3 Å². The van der Waals surface area contributed by atoms with Crippen molar-refractivity contribution in [3.8, 4) is 0 Å². The molecule has 1 aliphatic heterocycles. The zero-order chi connectivity index (χ0) is 29.2. The molecule has 4 aromatic rings. The van der Waals surface area contributed by atoms with Gasteiger partial charge in [0.05, 0.1) is 23.1 Å². The first kappa shape index (κ1) is 27.0. The number of benzene rings is 1. The Bertz CT molecular complexity index is 1690. The number of anilines is 2. The molecule has 4 heterocycles. The molecule has 2 aliphatic rings. The maximum atomic E-state index is 15.7. The van der Waals surface area contributed by atoms with Crippen LogP contribution in [0.15, 0.2) is 30.7 Å². The van der Waals surface area contributed by atoms with Crippen LogP contribution in [-0.4, -0.2) is 66.8 Å². The van der Waals surface area contributed by atoms with E-state index in [-0.39, 0.29) is 40.6 Å². The van der Waals surface area contributed by atoms with Gasteiger partial charge < -0.3 is 24.3 Å². The Labute approximate surface area is 235 Å². The molecule has 0 spiro atoms. The summed E-state index contributed by atoms with van der Waals surface area (Å²) in [5, 5.41) is 7.64. The molecule has 0 bridgehead atoms. The van der Waals surface area contributed by atoms with E-state index in [2.05, 4.69) is 15.4 Å². The highest BCUT2D eigenvalue weighted by atomic mass is 19.1. The van der Waals surface area contributed by atoms with E-state index in [4.69, 9.17) is 4.74 Å². The fourth-order valence-corrected chi connectivity index (χ4v) is 5.61. The highest BCUT2D eigenvalue weighted by Gasteiger charge is 2.42. The van der Waals surface area contributed by atoms with Crippen molar-refractivity contribution in [2.45, 2.75) is 64.6 Å². The minimum absolute atomic E-state index is 0.0771. The lowest BCUT2D eigenvalue weighted by Crippen LogP contribution is -2.46. The number of aromatic nitrogens is 4. The predicted octanol–water partition coefficient (Wildman–Crippen LogP) is 5.04. The molecule has 0 radical (unpaired) electrons. The number of imidazole rings is 1. The number of aryl methyl sites for hydroxylation is 2. The molecule has 41 heavy (non-hydrogen) atoms. The Hall–Kier alpha value is -4.22. The van der Waals surface area contributed by atoms with E-state index in [0.717, 1.165) is 18.9 Å². The van der Waals surface area contributed by atoms with Gasteiger partial charge in [0.15, 0.2) is 11.5 Å². The zero-order valence-electron chi connectivity index (χ0n) is 23.7. The van der Waals surface area contributed by atoms with Gasteiger partial charge in [-0.15, -0.1) is 0 Å². The molecule has 1 atom stereocenters. The van der Waals surface area contributed by atoms with Crippen LogP contribution in [0, 0.1) is 18.6 Å². The van der Waals surface area contributed by atoms with E-state index in [0.29, 0.717) is 36.3 Å². The van der Waals surface area contributed by atoms with Crippen molar-refractivity contribution in [1.82, 2.24) is 24.1 Å². The van der Waals surface area contributed by atoms with E-state index in [9.17, 15) is 14.0 Å². The molecule has 1 N–H and O–H groups in total. The van der Waals surface area contributed by atoms with Crippen molar-refractivity contribution >= 4 is 39.9 Å². The molecule has 3 aromatic heterocycles. The van der Waals surface area contributed by atoms with Crippen LogP contribution in [0.4, 0.5) is 25.0 Å². The van der Waals surface area contributed by atoms with Crippen LogP contribution in [0.3, 0.4) is 0 Å². The van der Waals surface area contributed by atoms with Crippen LogP contribution in [-0.2, 0) is 11.8 Å². The van der Waals surface area contributed by atoms with E-state index in [1.165, 1.54) is 21.3 Å². The molecule has 2 amide bonds. The lowest BCUT2D eigenvalue weighted by atomic mass is 10.1. The van der Waals surface area contributed by atoms with Gasteiger partial charge in [-0.25, -0.2) is 18.6 Å². The van der Waals surface area contributed by atoms with Gasteiger partial charge in [0, 0.05) is 56.2 Å². The quantitative estimate of drug-likeness (QED) is 0.364. The molecule has 1 aliphatic carbocycles. The molecule has 2 fully saturated rings. The topological polar surface area (TPSA) is 97.0 Å². The Morgan fingerprint density at radius 2 is 1.83 bits per heavy atom. The summed E-state index contributed by atoms with van der Waals surface area (Å²) >= 11 is 0. The highest BCUT2D eigenvalue weighted by molar-refractivity contribution is 6.14. The van der Waals surface area contributed by atoms with E-state index < -0.39 is 23.1 Å². The second kappa shape index (κ2) is 9.71. The van der Waals surface area contributed by atoms with Crippen LogP contribution in [0.2, 0.25) is 0 Å². The molecule has 1 saturated carbocycles. The SMILES string of the molecule is Cc1cn2cc(NC(=O)c3c(F)cc(N4CC[C@H](N(C(=O)OC(C)(C)C)C5CC5)C4)c4cn(C)nc34)cc(F)c2n1. The van der Waals surface area contributed by atoms with Gasteiger partial charge in [-0.1, -0.05) is 0 Å². The summed E-state index contributed by atoms with van der Waals surface area (Å²) in [6.07, 6.45) is 7.19. The normalized spacial score (nSPS) is 17.4. The standard InChI is InChI=1S/C29H33F2N7O3/c1-16-12-37-13-17(10-22(31)26(37)32-16)33-27(39)24-21(30)11-23(20-15-35(5)34-25(20)24)36-9-8-19(14-36)38(18-6-7-18)28(40)41-29(2,3)4/h10-13,15,18-19H,6-9,14H2,1-5H3,(H,33,39)/t19-/m0/s1. The molecular weight excluding hydrogens is 532 g/mol. The maximum Gasteiger partial charge on any atom is 0.410 e. The van der Waals surface area contributed by atoms with Gasteiger partial charge in [-0.3, -0.25) is 9.48 Å². The van der Waals surface area contributed by atoms with Crippen molar-refractivity contribution in [3.05, 3.63) is 53.6 Å². The predicted molar refractivity (Wildman–Crippen MR) is 150 cm³/mol. The molecule has 1 saturated heterocycles. The number of pyridine rings is 1. The van der Waals surface area contributed by atoms with Crippen LogP contribution >= 0.6 is 0 Å². The third-order valence-corrected chi connectivity index (χ3v) is 7.40. The van der Waals surface area contributed by atoms with Gasteiger partial charge in [0.25, 0.3) is 5.91 Å². The number of fused-ring (bicyclic) bond motifs is 2. The van der Waals surface area contributed by atoms with Crippen molar-refractivity contribution < 1.29 is 23.1 Å². The second-order valence-corrected chi connectivity index (χ2v) is 12.0.